The van der Waals surface area contributed by atoms with Crippen LogP contribution in [0.1, 0.15) is 49.7 Å². The van der Waals surface area contributed by atoms with Gasteiger partial charge in [0.2, 0.25) is 5.91 Å². The molecule has 2 unspecified atom stereocenters. The van der Waals surface area contributed by atoms with Gasteiger partial charge in [0.25, 0.3) is 0 Å². The number of pyridine rings is 2. The predicted molar refractivity (Wildman–Crippen MR) is 147 cm³/mol. The average molecular weight is 549 g/mol. The van der Waals surface area contributed by atoms with Crippen LogP contribution in [0.5, 0.6) is 0 Å². The molecule has 4 N–H and O–H groups in total. The quantitative estimate of drug-likeness (QED) is 0.354. The first-order valence-corrected chi connectivity index (χ1v) is 13.7. The van der Waals surface area contributed by atoms with Crippen molar-refractivity contribution in [2.45, 2.75) is 56.1 Å². The van der Waals surface area contributed by atoms with E-state index in [1.54, 1.807) is 41.6 Å². The van der Waals surface area contributed by atoms with Gasteiger partial charge in [-0.1, -0.05) is 30.5 Å². The third-order valence-corrected chi connectivity index (χ3v) is 8.41. The number of amides is 3. The third-order valence-electron chi connectivity index (χ3n) is 8.18. The molecule has 10 heteroatoms. The van der Waals surface area contributed by atoms with Crippen molar-refractivity contribution in [1.82, 2.24) is 14.9 Å². The minimum absolute atomic E-state index is 0.0185. The van der Waals surface area contributed by atoms with Crippen LogP contribution in [0, 0.1) is 17.7 Å². The molecule has 2 aliphatic carbocycles. The molecule has 1 aromatic carbocycles. The predicted octanol–water partition coefficient (Wildman–Crippen LogP) is 5.30. The monoisotopic (exact) mass is 548 g/mol. The maximum atomic E-state index is 15.0. The number of hydrogen-bond acceptors (Lipinski definition) is 5. The van der Waals surface area contributed by atoms with Gasteiger partial charge in [-0.3, -0.25) is 15.1 Å². The van der Waals surface area contributed by atoms with Crippen LogP contribution in [-0.2, 0) is 10.3 Å². The second-order valence-corrected chi connectivity index (χ2v) is 11.3. The van der Waals surface area contributed by atoms with E-state index < -0.39 is 29.3 Å². The maximum Gasteiger partial charge on any atom is 0.323 e. The normalized spacial score (nSPS) is 23.1. The number of halogens is 2. The van der Waals surface area contributed by atoms with Gasteiger partial charge in [-0.2, -0.15) is 0 Å². The van der Waals surface area contributed by atoms with Crippen LogP contribution in [0.2, 0.25) is 5.02 Å². The number of nitrogens with two attached hydrogens (primary N) is 1. The molecule has 8 nitrogen and oxygen atoms in total. The number of carbonyl (C=O) groups excluding carboxylic acids is 2. The molecule has 0 spiro atoms. The summed E-state index contributed by atoms with van der Waals surface area (Å²) in [6.45, 7) is 0. The molecule has 3 amide bonds. The van der Waals surface area contributed by atoms with Gasteiger partial charge >= 0.3 is 6.03 Å². The number of likely N-dealkylation sites (tertiary alicyclic amines) is 1. The van der Waals surface area contributed by atoms with Crippen LogP contribution in [0.3, 0.4) is 0 Å². The highest BCUT2D eigenvalue weighted by Crippen LogP contribution is 2.48. The van der Waals surface area contributed by atoms with E-state index in [0.717, 1.165) is 18.4 Å². The number of nitrogens with zero attached hydrogens (tertiary/aromatic N) is 3. The minimum Gasteiger partial charge on any atom is -0.322 e. The number of anilines is 2. The van der Waals surface area contributed by atoms with Crippen LogP contribution in [-0.4, -0.2) is 38.9 Å². The van der Waals surface area contributed by atoms with Gasteiger partial charge in [-0.25, -0.2) is 14.2 Å². The van der Waals surface area contributed by atoms with Gasteiger partial charge in [-0.15, -0.1) is 0 Å². The Morgan fingerprint density at radius 3 is 2.59 bits per heavy atom. The number of benzene rings is 1. The molecule has 0 radical (unpaired) electrons. The van der Waals surface area contributed by atoms with Gasteiger partial charge in [-0.05, 0) is 85.0 Å². The maximum absolute atomic E-state index is 15.0. The first kappa shape index (κ1) is 25.7. The largest absolute Gasteiger partial charge is 0.323 e. The van der Waals surface area contributed by atoms with Crippen molar-refractivity contribution < 1.29 is 14.0 Å². The highest BCUT2D eigenvalue weighted by molar-refractivity contribution is 6.30. The van der Waals surface area contributed by atoms with Gasteiger partial charge in [0.05, 0.1) is 16.2 Å². The molecule has 2 saturated carbocycles. The van der Waals surface area contributed by atoms with Crippen molar-refractivity contribution in [3.8, 4) is 0 Å². The molecule has 1 aliphatic heterocycles. The standard InChI is InChI=1S/C29H30ClFN6O2/c30-21-4-6-26(34-16-21)36-28(39)37-24-13-18(24)14-25(37)27(38)35-23-15-20(3-5-22(23)31)29(32,10-7-17-1-2-17)19-8-11-33-12-9-19/h3-6,8-9,11-12,15-18,24-25H,1-2,7,10,13-14,32H2,(H,35,38)(H,34,36,39)/t18?,24-,25-,29?/m1/s1. The fraction of sp³-hybridized carbons (Fsp3) is 0.379. The summed E-state index contributed by atoms with van der Waals surface area (Å²) < 4.78 is 15.0. The Balaban J connectivity index is 1.22. The zero-order chi connectivity index (χ0) is 27.1. The Labute approximate surface area is 231 Å². The number of urea groups is 1. The molecule has 202 valence electrons. The zero-order valence-corrected chi connectivity index (χ0v) is 22.1. The second-order valence-electron chi connectivity index (χ2n) is 10.9. The van der Waals surface area contributed by atoms with E-state index in [1.165, 1.54) is 25.1 Å². The Morgan fingerprint density at radius 2 is 1.87 bits per heavy atom. The van der Waals surface area contributed by atoms with Crippen molar-refractivity contribution in [3.05, 3.63) is 83.0 Å². The van der Waals surface area contributed by atoms with E-state index in [2.05, 4.69) is 20.6 Å². The van der Waals surface area contributed by atoms with Crippen molar-refractivity contribution in [2.75, 3.05) is 10.6 Å². The smallest absolute Gasteiger partial charge is 0.322 e. The summed E-state index contributed by atoms with van der Waals surface area (Å²) in [7, 11) is 0. The molecule has 0 bridgehead atoms. The lowest BCUT2D eigenvalue weighted by Crippen LogP contribution is -2.47. The lowest BCUT2D eigenvalue weighted by atomic mass is 9.79. The summed E-state index contributed by atoms with van der Waals surface area (Å²) in [5.41, 5.74) is 7.81. The van der Waals surface area contributed by atoms with Crippen LogP contribution >= 0.6 is 11.6 Å². The first-order valence-electron chi connectivity index (χ1n) is 13.3. The Bertz CT molecular complexity index is 1390. The number of hydrogen-bond donors (Lipinski definition) is 3. The summed E-state index contributed by atoms with van der Waals surface area (Å²) in [5, 5.41) is 5.95. The van der Waals surface area contributed by atoms with E-state index in [9.17, 15) is 9.59 Å². The molecule has 1 saturated heterocycles. The molecule has 3 heterocycles. The Morgan fingerprint density at radius 1 is 1.08 bits per heavy atom. The summed E-state index contributed by atoms with van der Waals surface area (Å²) in [6, 6.07) is 10.5. The number of nitrogens with one attached hydrogen (secondary N) is 2. The molecular formula is C29H30ClFN6O2. The van der Waals surface area contributed by atoms with E-state index in [4.69, 9.17) is 17.3 Å². The lowest BCUT2D eigenvalue weighted by molar-refractivity contribution is -0.120. The van der Waals surface area contributed by atoms with Crippen molar-refractivity contribution in [2.24, 2.45) is 17.6 Å². The van der Waals surface area contributed by atoms with Crippen LogP contribution in [0.15, 0.2) is 61.1 Å². The van der Waals surface area contributed by atoms with Crippen LogP contribution in [0.25, 0.3) is 0 Å². The molecule has 39 heavy (non-hydrogen) atoms. The first-order chi connectivity index (χ1) is 18.8. The number of carbonyl (C=O) groups is 2. The van der Waals surface area contributed by atoms with E-state index in [0.29, 0.717) is 35.2 Å². The second kappa shape index (κ2) is 10.2. The molecule has 3 aromatic rings. The summed E-state index contributed by atoms with van der Waals surface area (Å²) in [4.78, 5) is 36.3. The number of fused-ring (bicyclic) bond motifs is 1. The van der Waals surface area contributed by atoms with Crippen LogP contribution in [0.4, 0.5) is 20.7 Å². The summed E-state index contributed by atoms with van der Waals surface area (Å²) >= 11 is 5.89. The number of rotatable bonds is 8. The molecular weight excluding hydrogens is 519 g/mol. The zero-order valence-electron chi connectivity index (χ0n) is 21.3. The summed E-state index contributed by atoms with van der Waals surface area (Å²) in [5.74, 6) is 0.279. The van der Waals surface area contributed by atoms with E-state index in [1.807, 2.05) is 12.1 Å². The Kier molecular flexibility index (Phi) is 6.72. The molecule has 4 atom stereocenters. The van der Waals surface area contributed by atoms with Gasteiger partial charge in [0.15, 0.2) is 0 Å². The highest BCUT2D eigenvalue weighted by atomic mass is 35.5. The van der Waals surface area contributed by atoms with E-state index >= 15 is 4.39 Å². The van der Waals surface area contributed by atoms with E-state index in [-0.39, 0.29) is 17.6 Å². The van der Waals surface area contributed by atoms with Crippen molar-refractivity contribution >= 4 is 35.0 Å². The number of aromatic nitrogens is 2. The third kappa shape index (κ3) is 5.33. The topological polar surface area (TPSA) is 113 Å². The summed E-state index contributed by atoms with van der Waals surface area (Å²) in [6.07, 6.45) is 10.3. The van der Waals surface area contributed by atoms with Gasteiger partial charge in [0, 0.05) is 24.6 Å². The fourth-order valence-electron chi connectivity index (χ4n) is 5.66. The lowest BCUT2D eigenvalue weighted by Gasteiger charge is -2.32. The van der Waals surface area contributed by atoms with Gasteiger partial charge < -0.3 is 16.0 Å². The average Bonchev–Trinajstić information content (AvgIpc) is 3.88. The number of piperidine rings is 1. The highest BCUT2D eigenvalue weighted by Gasteiger charge is 2.56. The molecule has 2 aromatic heterocycles. The molecule has 6 rings (SSSR count). The SMILES string of the molecule is NC(CCC1CC1)(c1ccncc1)c1ccc(F)c(NC(=O)[C@H]2CC3C[C@H]3N2C(=O)Nc2ccc(Cl)cn2)c1. The van der Waals surface area contributed by atoms with Crippen LogP contribution < -0.4 is 16.4 Å². The van der Waals surface area contributed by atoms with Crippen molar-refractivity contribution in [3.63, 3.8) is 0 Å². The van der Waals surface area contributed by atoms with Crippen molar-refractivity contribution in [1.29, 1.82) is 0 Å². The molecule has 3 fully saturated rings. The Hall–Kier alpha value is -3.56. The van der Waals surface area contributed by atoms with Gasteiger partial charge in [0.1, 0.15) is 17.7 Å². The fourth-order valence-corrected chi connectivity index (χ4v) is 5.78. The molecule has 3 aliphatic rings. The minimum atomic E-state index is -0.856.